The Kier molecular flexibility index (Phi) is 10.5. The summed E-state index contributed by atoms with van der Waals surface area (Å²) in [6.07, 6.45) is 1.27. The van der Waals surface area contributed by atoms with E-state index in [0.29, 0.717) is 28.1 Å². The zero-order valence-corrected chi connectivity index (χ0v) is 21.5. The Morgan fingerprint density at radius 1 is 0.970 bits per heavy atom. The molecule has 0 spiro atoms. The van der Waals surface area contributed by atoms with Crippen LogP contribution in [0.4, 0.5) is 0 Å². The van der Waals surface area contributed by atoms with Crippen molar-refractivity contribution >= 4 is 35.0 Å². The molecule has 33 heavy (non-hydrogen) atoms. The first-order valence-electron chi connectivity index (χ1n) is 11.4. The number of ether oxygens (including phenoxy) is 1. The lowest BCUT2D eigenvalue weighted by atomic mass is 10.0. The molecule has 1 N–H and O–H groups in total. The Balaban J connectivity index is 2.22. The van der Waals surface area contributed by atoms with Gasteiger partial charge in [-0.3, -0.25) is 9.59 Å². The molecule has 0 aliphatic heterocycles. The van der Waals surface area contributed by atoms with E-state index in [0.717, 1.165) is 12.0 Å². The van der Waals surface area contributed by atoms with Gasteiger partial charge in [0.1, 0.15) is 11.8 Å². The lowest BCUT2D eigenvalue weighted by Gasteiger charge is -2.31. The van der Waals surface area contributed by atoms with Crippen LogP contribution in [0.3, 0.4) is 0 Å². The van der Waals surface area contributed by atoms with E-state index in [-0.39, 0.29) is 31.0 Å². The van der Waals surface area contributed by atoms with Gasteiger partial charge in [0.15, 0.2) is 6.61 Å². The highest BCUT2D eigenvalue weighted by molar-refractivity contribution is 6.42. The summed E-state index contributed by atoms with van der Waals surface area (Å²) >= 11 is 12.2. The van der Waals surface area contributed by atoms with Gasteiger partial charge >= 0.3 is 0 Å². The number of halogens is 2. The molecule has 5 nitrogen and oxygen atoms in total. The van der Waals surface area contributed by atoms with Gasteiger partial charge in [-0.2, -0.15) is 0 Å². The Labute approximate surface area is 207 Å². The van der Waals surface area contributed by atoms with Crippen LogP contribution in [-0.2, 0) is 16.1 Å². The lowest BCUT2D eigenvalue weighted by Crippen LogP contribution is -2.51. The summed E-state index contributed by atoms with van der Waals surface area (Å²) < 4.78 is 5.77. The molecule has 0 aromatic heterocycles. The molecular formula is C26H34Cl2N2O3. The molecule has 0 unspecified atom stereocenters. The van der Waals surface area contributed by atoms with Crippen molar-refractivity contribution in [1.29, 1.82) is 0 Å². The number of benzene rings is 2. The van der Waals surface area contributed by atoms with Crippen LogP contribution in [0.15, 0.2) is 42.5 Å². The van der Waals surface area contributed by atoms with Crippen molar-refractivity contribution in [2.24, 2.45) is 0 Å². The second-order valence-corrected chi connectivity index (χ2v) is 9.34. The number of carbonyl (C=O) groups excluding carboxylic acids is 2. The summed E-state index contributed by atoms with van der Waals surface area (Å²) in [6, 6.07) is 12.3. The minimum absolute atomic E-state index is 0.0178. The third-order valence-electron chi connectivity index (χ3n) is 5.63. The smallest absolute Gasteiger partial charge is 0.261 e. The molecule has 180 valence electrons. The first kappa shape index (κ1) is 27.0. The molecule has 2 aromatic carbocycles. The van der Waals surface area contributed by atoms with Crippen LogP contribution in [0.5, 0.6) is 5.75 Å². The number of nitrogens with one attached hydrogen (secondary N) is 1. The number of amides is 2. The summed E-state index contributed by atoms with van der Waals surface area (Å²) in [4.78, 5) is 27.8. The fourth-order valence-electron chi connectivity index (χ4n) is 3.37. The predicted molar refractivity (Wildman–Crippen MR) is 135 cm³/mol. The van der Waals surface area contributed by atoms with E-state index in [1.54, 1.807) is 23.1 Å². The van der Waals surface area contributed by atoms with Gasteiger partial charge < -0.3 is 15.0 Å². The second kappa shape index (κ2) is 12.9. The quantitative estimate of drug-likeness (QED) is 0.405. The first-order chi connectivity index (χ1) is 15.7. The molecular weight excluding hydrogens is 459 g/mol. The molecule has 0 fully saturated rings. The monoisotopic (exact) mass is 492 g/mol. The van der Waals surface area contributed by atoms with Gasteiger partial charge in [0.25, 0.3) is 5.91 Å². The molecule has 0 aliphatic carbocycles. The van der Waals surface area contributed by atoms with Crippen LogP contribution in [0.2, 0.25) is 10.0 Å². The molecule has 0 aliphatic rings. The summed E-state index contributed by atoms with van der Waals surface area (Å²) in [5, 5.41) is 3.83. The number of rotatable bonds is 11. The van der Waals surface area contributed by atoms with Crippen LogP contribution < -0.4 is 10.1 Å². The third kappa shape index (κ3) is 7.94. The SMILES string of the molecule is CC[C@@H](C)NC(=O)[C@H](CC)N(Cc1ccc(Cl)c(Cl)c1)C(=O)COc1ccc(C(C)C)cc1. The molecule has 7 heteroatoms. The molecule has 0 saturated carbocycles. The third-order valence-corrected chi connectivity index (χ3v) is 6.37. The van der Waals surface area contributed by atoms with Gasteiger partial charge in [-0.25, -0.2) is 0 Å². The molecule has 2 atom stereocenters. The maximum Gasteiger partial charge on any atom is 0.261 e. The van der Waals surface area contributed by atoms with Crippen molar-refractivity contribution in [2.75, 3.05) is 6.61 Å². The first-order valence-corrected chi connectivity index (χ1v) is 12.2. The van der Waals surface area contributed by atoms with Crippen molar-refractivity contribution in [3.63, 3.8) is 0 Å². The van der Waals surface area contributed by atoms with E-state index in [2.05, 4.69) is 19.2 Å². The fourth-order valence-corrected chi connectivity index (χ4v) is 3.69. The Bertz CT molecular complexity index is 932. The lowest BCUT2D eigenvalue weighted by molar-refractivity contribution is -0.143. The number of hydrogen-bond acceptors (Lipinski definition) is 3. The predicted octanol–water partition coefficient (Wildman–Crippen LogP) is 6.22. The molecule has 0 saturated heterocycles. The number of carbonyl (C=O) groups is 2. The van der Waals surface area contributed by atoms with E-state index < -0.39 is 6.04 Å². The van der Waals surface area contributed by atoms with Crippen molar-refractivity contribution in [2.45, 2.75) is 72.0 Å². The highest BCUT2D eigenvalue weighted by Gasteiger charge is 2.29. The Hall–Kier alpha value is -2.24. The summed E-state index contributed by atoms with van der Waals surface area (Å²) in [6.45, 7) is 10.1. The van der Waals surface area contributed by atoms with Crippen LogP contribution in [0, 0.1) is 0 Å². The average molecular weight is 493 g/mol. The van der Waals surface area contributed by atoms with E-state index >= 15 is 0 Å². The zero-order chi connectivity index (χ0) is 24.5. The van der Waals surface area contributed by atoms with E-state index in [1.807, 2.05) is 45.0 Å². The highest BCUT2D eigenvalue weighted by Crippen LogP contribution is 2.24. The molecule has 2 amide bonds. The molecule has 2 aromatic rings. The molecule has 0 bridgehead atoms. The van der Waals surface area contributed by atoms with E-state index in [9.17, 15) is 9.59 Å². The fraction of sp³-hybridized carbons (Fsp3) is 0.462. The van der Waals surface area contributed by atoms with Gasteiger partial charge in [-0.1, -0.05) is 69.1 Å². The summed E-state index contributed by atoms with van der Waals surface area (Å²) in [5.41, 5.74) is 1.98. The van der Waals surface area contributed by atoms with Crippen LogP contribution in [0.25, 0.3) is 0 Å². The van der Waals surface area contributed by atoms with E-state index in [1.165, 1.54) is 5.56 Å². The van der Waals surface area contributed by atoms with Gasteiger partial charge in [-0.05, 0) is 61.1 Å². The zero-order valence-electron chi connectivity index (χ0n) is 20.0. The van der Waals surface area contributed by atoms with Crippen LogP contribution >= 0.6 is 23.2 Å². The van der Waals surface area contributed by atoms with Crippen molar-refractivity contribution < 1.29 is 14.3 Å². The maximum absolute atomic E-state index is 13.3. The Morgan fingerprint density at radius 3 is 2.18 bits per heavy atom. The van der Waals surface area contributed by atoms with Gasteiger partial charge in [0.05, 0.1) is 10.0 Å². The summed E-state index contributed by atoms with van der Waals surface area (Å²) in [5.74, 6) is 0.567. The largest absolute Gasteiger partial charge is 0.484 e. The standard InChI is InChI=1S/C26H34Cl2N2O3/c1-6-18(5)29-26(32)24(7-2)30(15-19-8-13-22(27)23(28)14-19)25(31)16-33-21-11-9-20(10-12-21)17(3)4/h8-14,17-18,24H,6-7,15-16H2,1-5H3,(H,29,32)/t18-,24+/m1/s1. The highest BCUT2D eigenvalue weighted by atomic mass is 35.5. The normalized spacial score (nSPS) is 12.8. The van der Waals surface area contributed by atoms with Gasteiger partial charge in [0, 0.05) is 12.6 Å². The number of hydrogen-bond donors (Lipinski definition) is 1. The second-order valence-electron chi connectivity index (χ2n) is 8.52. The van der Waals surface area contributed by atoms with Gasteiger partial charge in [-0.15, -0.1) is 0 Å². The molecule has 0 radical (unpaired) electrons. The topological polar surface area (TPSA) is 58.6 Å². The van der Waals surface area contributed by atoms with Crippen molar-refractivity contribution in [1.82, 2.24) is 10.2 Å². The van der Waals surface area contributed by atoms with Crippen LogP contribution in [0.1, 0.15) is 64.5 Å². The van der Waals surface area contributed by atoms with Crippen molar-refractivity contribution in [3.05, 3.63) is 63.6 Å². The number of nitrogens with zero attached hydrogens (tertiary/aromatic N) is 1. The Morgan fingerprint density at radius 2 is 1.64 bits per heavy atom. The van der Waals surface area contributed by atoms with E-state index in [4.69, 9.17) is 27.9 Å². The maximum atomic E-state index is 13.3. The minimum atomic E-state index is -0.632. The molecule has 2 rings (SSSR count). The van der Waals surface area contributed by atoms with Gasteiger partial charge in [0.2, 0.25) is 5.91 Å². The average Bonchev–Trinajstić information content (AvgIpc) is 2.79. The molecule has 0 heterocycles. The minimum Gasteiger partial charge on any atom is -0.484 e. The van der Waals surface area contributed by atoms with Crippen molar-refractivity contribution in [3.8, 4) is 5.75 Å². The van der Waals surface area contributed by atoms with Crippen LogP contribution in [-0.4, -0.2) is 35.4 Å². The summed E-state index contributed by atoms with van der Waals surface area (Å²) in [7, 11) is 0.